The largest absolute Gasteiger partial charge is 0.477 e. The Balaban J connectivity index is 1.88. The second kappa shape index (κ2) is 6.78. The molecule has 0 amide bonds. The van der Waals surface area contributed by atoms with Crippen LogP contribution in [0.25, 0.3) is 0 Å². The maximum Gasteiger partial charge on any atom is 0.234 e. The molecule has 1 N–H and O–H groups in total. The lowest BCUT2D eigenvalue weighted by Crippen LogP contribution is -2.26. The molecular weight excluding hydrogens is 250 g/mol. The highest BCUT2D eigenvalue weighted by molar-refractivity contribution is 6.20. The highest BCUT2D eigenvalue weighted by Gasteiger charge is 2.19. The van der Waals surface area contributed by atoms with E-state index in [0.717, 1.165) is 37.9 Å². The van der Waals surface area contributed by atoms with Gasteiger partial charge in [0.1, 0.15) is 5.82 Å². The highest BCUT2D eigenvalue weighted by atomic mass is 35.5. The van der Waals surface area contributed by atoms with Gasteiger partial charge in [0.15, 0.2) is 0 Å². The van der Waals surface area contributed by atoms with Crippen LogP contribution in [0.2, 0.25) is 0 Å². The van der Waals surface area contributed by atoms with Crippen molar-refractivity contribution in [2.45, 2.75) is 50.4 Å². The van der Waals surface area contributed by atoms with Gasteiger partial charge in [0, 0.05) is 11.4 Å². The first-order valence-electron chi connectivity index (χ1n) is 6.63. The Labute approximate surface area is 113 Å². The summed E-state index contributed by atoms with van der Waals surface area (Å²) in [6, 6.07) is 0.454. The van der Waals surface area contributed by atoms with E-state index in [1.807, 2.05) is 0 Å². The SMILES string of the molecule is CCCOc1cncc(NC2CCC(Cl)CC2)n1. The number of halogens is 1. The minimum absolute atomic E-state index is 0.341. The molecule has 1 aromatic heterocycles. The molecular formula is C13H20ClN3O. The molecule has 1 saturated carbocycles. The first-order chi connectivity index (χ1) is 8.78. The van der Waals surface area contributed by atoms with Crippen molar-refractivity contribution >= 4 is 17.4 Å². The van der Waals surface area contributed by atoms with Gasteiger partial charge in [0.05, 0.1) is 19.0 Å². The van der Waals surface area contributed by atoms with Crippen LogP contribution in [0.3, 0.4) is 0 Å². The molecule has 0 radical (unpaired) electrons. The fourth-order valence-corrected chi connectivity index (χ4v) is 2.35. The summed E-state index contributed by atoms with van der Waals surface area (Å²) in [4.78, 5) is 8.54. The van der Waals surface area contributed by atoms with Crippen LogP contribution in [-0.2, 0) is 0 Å². The summed E-state index contributed by atoms with van der Waals surface area (Å²) in [6.07, 6.45) is 8.68. The zero-order valence-corrected chi connectivity index (χ0v) is 11.5. The molecule has 100 valence electrons. The van der Waals surface area contributed by atoms with E-state index in [0.29, 0.717) is 23.9 Å². The van der Waals surface area contributed by atoms with Gasteiger partial charge in [-0.2, -0.15) is 4.98 Å². The van der Waals surface area contributed by atoms with E-state index in [1.165, 1.54) is 0 Å². The van der Waals surface area contributed by atoms with E-state index in [9.17, 15) is 0 Å². The van der Waals surface area contributed by atoms with Crippen molar-refractivity contribution in [2.24, 2.45) is 0 Å². The Morgan fingerprint density at radius 1 is 1.33 bits per heavy atom. The monoisotopic (exact) mass is 269 g/mol. The molecule has 0 aromatic carbocycles. The van der Waals surface area contributed by atoms with Crippen LogP contribution in [-0.4, -0.2) is 28.0 Å². The van der Waals surface area contributed by atoms with Crippen molar-refractivity contribution in [1.82, 2.24) is 9.97 Å². The Hall–Kier alpha value is -1.03. The van der Waals surface area contributed by atoms with Gasteiger partial charge in [-0.25, -0.2) is 0 Å². The van der Waals surface area contributed by atoms with E-state index in [2.05, 4.69) is 22.2 Å². The maximum atomic E-state index is 6.09. The third kappa shape index (κ3) is 4.02. The third-order valence-electron chi connectivity index (χ3n) is 3.08. The zero-order valence-electron chi connectivity index (χ0n) is 10.7. The maximum absolute atomic E-state index is 6.09. The normalized spacial score (nSPS) is 23.7. The molecule has 1 fully saturated rings. The highest BCUT2D eigenvalue weighted by Crippen LogP contribution is 2.25. The fourth-order valence-electron chi connectivity index (χ4n) is 2.10. The average Bonchev–Trinajstić information content (AvgIpc) is 2.40. The summed E-state index contributed by atoms with van der Waals surface area (Å²) < 4.78 is 5.47. The van der Waals surface area contributed by atoms with Gasteiger partial charge in [-0.3, -0.25) is 4.98 Å². The molecule has 0 saturated heterocycles. The minimum atomic E-state index is 0.341. The van der Waals surface area contributed by atoms with Gasteiger partial charge < -0.3 is 10.1 Å². The van der Waals surface area contributed by atoms with Crippen LogP contribution >= 0.6 is 11.6 Å². The molecule has 0 aliphatic heterocycles. The van der Waals surface area contributed by atoms with Crippen LogP contribution in [0, 0.1) is 0 Å². The minimum Gasteiger partial charge on any atom is -0.477 e. The summed E-state index contributed by atoms with van der Waals surface area (Å²) in [5.41, 5.74) is 0. The first kappa shape index (κ1) is 13.4. The molecule has 0 spiro atoms. The van der Waals surface area contributed by atoms with Gasteiger partial charge in [0.25, 0.3) is 0 Å². The number of ether oxygens (including phenoxy) is 1. The van der Waals surface area contributed by atoms with Crippen LogP contribution < -0.4 is 10.1 Å². The lowest BCUT2D eigenvalue weighted by atomic mass is 9.95. The second-order valence-corrected chi connectivity index (χ2v) is 5.30. The molecule has 1 aliphatic carbocycles. The summed E-state index contributed by atoms with van der Waals surface area (Å²) >= 11 is 6.09. The number of hydrogen-bond acceptors (Lipinski definition) is 4. The Morgan fingerprint density at radius 2 is 2.11 bits per heavy atom. The van der Waals surface area contributed by atoms with Crippen LogP contribution in [0.15, 0.2) is 12.4 Å². The molecule has 0 bridgehead atoms. The molecule has 2 rings (SSSR count). The van der Waals surface area contributed by atoms with Crippen LogP contribution in [0.4, 0.5) is 5.82 Å². The first-order valence-corrected chi connectivity index (χ1v) is 7.07. The average molecular weight is 270 g/mol. The molecule has 18 heavy (non-hydrogen) atoms. The van der Waals surface area contributed by atoms with Crippen molar-refractivity contribution in [3.63, 3.8) is 0 Å². The zero-order chi connectivity index (χ0) is 12.8. The number of rotatable bonds is 5. The fraction of sp³-hybridized carbons (Fsp3) is 0.692. The van der Waals surface area contributed by atoms with E-state index in [1.54, 1.807) is 12.4 Å². The van der Waals surface area contributed by atoms with Gasteiger partial charge >= 0.3 is 0 Å². The molecule has 1 heterocycles. The molecule has 0 unspecified atom stereocenters. The second-order valence-electron chi connectivity index (χ2n) is 4.68. The van der Waals surface area contributed by atoms with Gasteiger partial charge in [0.2, 0.25) is 5.88 Å². The number of hydrogen-bond donors (Lipinski definition) is 1. The van der Waals surface area contributed by atoms with Crippen molar-refractivity contribution in [2.75, 3.05) is 11.9 Å². The number of anilines is 1. The predicted octanol–water partition coefficient (Wildman–Crippen LogP) is 3.23. The number of nitrogens with one attached hydrogen (secondary N) is 1. The molecule has 1 aliphatic rings. The van der Waals surface area contributed by atoms with Gasteiger partial charge in [-0.1, -0.05) is 6.92 Å². The van der Waals surface area contributed by atoms with Gasteiger partial charge in [-0.15, -0.1) is 11.6 Å². The summed E-state index contributed by atoms with van der Waals surface area (Å²) in [5, 5.41) is 3.75. The van der Waals surface area contributed by atoms with Crippen LogP contribution in [0.1, 0.15) is 39.0 Å². The van der Waals surface area contributed by atoms with Crippen LogP contribution in [0.5, 0.6) is 5.88 Å². The smallest absolute Gasteiger partial charge is 0.234 e. The van der Waals surface area contributed by atoms with Crippen molar-refractivity contribution in [3.05, 3.63) is 12.4 Å². The summed E-state index contributed by atoms with van der Waals surface area (Å²) in [7, 11) is 0. The molecule has 4 nitrogen and oxygen atoms in total. The van der Waals surface area contributed by atoms with E-state index < -0.39 is 0 Å². The predicted molar refractivity (Wildman–Crippen MR) is 73.3 cm³/mol. The van der Waals surface area contributed by atoms with E-state index in [4.69, 9.17) is 16.3 Å². The Kier molecular flexibility index (Phi) is 5.05. The van der Waals surface area contributed by atoms with Crippen molar-refractivity contribution in [1.29, 1.82) is 0 Å². The Bertz CT molecular complexity index is 367. The number of aromatic nitrogens is 2. The lowest BCUT2D eigenvalue weighted by Gasteiger charge is -2.26. The quantitative estimate of drug-likeness (QED) is 0.834. The molecule has 5 heteroatoms. The van der Waals surface area contributed by atoms with Crippen molar-refractivity contribution < 1.29 is 4.74 Å². The number of alkyl halides is 1. The molecule has 0 atom stereocenters. The summed E-state index contributed by atoms with van der Waals surface area (Å²) in [6.45, 7) is 2.75. The van der Waals surface area contributed by atoms with E-state index >= 15 is 0 Å². The van der Waals surface area contributed by atoms with Gasteiger partial charge in [-0.05, 0) is 32.1 Å². The topological polar surface area (TPSA) is 47.0 Å². The van der Waals surface area contributed by atoms with Crippen molar-refractivity contribution in [3.8, 4) is 5.88 Å². The molecule has 1 aromatic rings. The standard InChI is InChI=1S/C13H20ClN3O/c1-2-7-18-13-9-15-8-12(17-13)16-11-5-3-10(14)4-6-11/h8-11H,2-7H2,1H3,(H,16,17). The third-order valence-corrected chi connectivity index (χ3v) is 3.51. The summed E-state index contributed by atoms with van der Waals surface area (Å²) in [5.74, 6) is 1.38. The lowest BCUT2D eigenvalue weighted by molar-refractivity contribution is 0.304. The van der Waals surface area contributed by atoms with E-state index in [-0.39, 0.29) is 0 Å². The Morgan fingerprint density at radius 3 is 2.83 bits per heavy atom. The number of nitrogens with zero attached hydrogens (tertiary/aromatic N) is 2.